The highest BCUT2D eigenvalue weighted by atomic mass is 35.5. The van der Waals surface area contributed by atoms with E-state index in [4.69, 9.17) is 16.3 Å². The van der Waals surface area contributed by atoms with E-state index >= 15 is 0 Å². The molecule has 192 valence electrons. The van der Waals surface area contributed by atoms with Gasteiger partial charge in [0.15, 0.2) is 0 Å². The van der Waals surface area contributed by atoms with Crippen molar-refractivity contribution in [3.8, 4) is 5.75 Å². The van der Waals surface area contributed by atoms with E-state index in [-0.39, 0.29) is 18.0 Å². The molecule has 1 unspecified atom stereocenters. The Morgan fingerprint density at radius 1 is 1.06 bits per heavy atom. The first-order valence-electron chi connectivity index (χ1n) is 12.1. The summed E-state index contributed by atoms with van der Waals surface area (Å²) in [7, 11) is 0. The lowest BCUT2D eigenvalue weighted by atomic mass is 9.95. The van der Waals surface area contributed by atoms with E-state index in [1.165, 1.54) is 17.1 Å². The fraction of sp³-hybridized carbons (Fsp3) is 0.500. The third-order valence-electron chi connectivity index (χ3n) is 6.34. The van der Waals surface area contributed by atoms with Gasteiger partial charge < -0.3 is 9.64 Å². The van der Waals surface area contributed by atoms with Crippen LogP contribution >= 0.6 is 11.6 Å². The largest absolute Gasteiger partial charge is 0.490 e. The maximum absolute atomic E-state index is 14.1. The van der Waals surface area contributed by atoms with Gasteiger partial charge in [0.2, 0.25) is 0 Å². The second kappa shape index (κ2) is 11.5. The number of hydrazone groups is 1. The number of alkyl halides is 3. The van der Waals surface area contributed by atoms with Gasteiger partial charge in [-0.25, -0.2) is 4.39 Å². The molecule has 1 saturated heterocycles. The summed E-state index contributed by atoms with van der Waals surface area (Å²) >= 11 is 6.00. The van der Waals surface area contributed by atoms with Crippen LogP contribution in [0, 0.1) is 11.7 Å². The van der Waals surface area contributed by atoms with Gasteiger partial charge in [0.1, 0.15) is 23.4 Å². The van der Waals surface area contributed by atoms with Crippen molar-refractivity contribution < 1.29 is 22.3 Å². The Hall–Kier alpha value is -2.48. The minimum Gasteiger partial charge on any atom is -0.490 e. The third kappa shape index (κ3) is 6.21. The highest BCUT2D eigenvalue weighted by molar-refractivity contribution is 6.30. The van der Waals surface area contributed by atoms with Gasteiger partial charge in [-0.3, -0.25) is 5.01 Å². The molecule has 4 rings (SSSR count). The minimum atomic E-state index is -4.44. The van der Waals surface area contributed by atoms with Crippen LogP contribution in [0.5, 0.6) is 5.75 Å². The summed E-state index contributed by atoms with van der Waals surface area (Å²) in [6.07, 6.45) is -2.48. The number of ether oxygens (including phenoxy) is 1. The molecule has 0 saturated carbocycles. The lowest BCUT2D eigenvalue weighted by Gasteiger charge is -2.34. The molecule has 1 fully saturated rings. The molecule has 0 radical (unpaired) electrons. The van der Waals surface area contributed by atoms with Gasteiger partial charge in [-0.05, 0) is 48.9 Å². The fourth-order valence-electron chi connectivity index (χ4n) is 4.58. The van der Waals surface area contributed by atoms with Crippen molar-refractivity contribution in [2.24, 2.45) is 11.0 Å². The number of anilines is 2. The molecule has 0 aliphatic carbocycles. The van der Waals surface area contributed by atoms with Crippen molar-refractivity contribution in [2.45, 2.75) is 65.3 Å². The maximum atomic E-state index is 14.1. The van der Waals surface area contributed by atoms with Crippen molar-refractivity contribution in [3.63, 3.8) is 0 Å². The molecule has 2 atom stereocenters. The molecule has 2 aliphatic rings. The van der Waals surface area contributed by atoms with Crippen LogP contribution in [0.3, 0.4) is 0 Å². The Morgan fingerprint density at radius 2 is 1.69 bits per heavy atom. The first kappa shape index (κ1) is 27.1. The van der Waals surface area contributed by atoms with Gasteiger partial charge in [0.05, 0.1) is 17.4 Å². The highest BCUT2D eigenvalue weighted by Gasteiger charge is 2.47. The number of benzene rings is 2. The predicted octanol–water partition coefficient (Wildman–Crippen LogP) is 7.71. The smallest absolute Gasteiger partial charge is 0.431 e. The Kier molecular flexibility index (Phi) is 8.91. The molecule has 9 heteroatoms. The van der Waals surface area contributed by atoms with E-state index in [1.807, 2.05) is 25.7 Å². The summed E-state index contributed by atoms with van der Waals surface area (Å²) in [4.78, 5) is 1.96. The molecule has 0 spiro atoms. The van der Waals surface area contributed by atoms with E-state index in [1.54, 1.807) is 37.3 Å². The number of nitrogens with zero attached hydrogens (tertiary/aromatic N) is 3. The maximum Gasteiger partial charge on any atom is 0.431 e. The summed E-state index contributed by atoms with van der Waals surface area (Å²) in [6.45, 7) is 8.71. The summed E-state index contributed by atoms with van der Waals surface area (Å²) in [5.74, 6) is -0.348. The van der Waals surface area contributed by atoms with Gasteiger partial charge in [0.25, 0.3) is 0 Å². The quantitative estimate of drug-likeness (QED) is 0.383. The van der Waals surface area contributed by atoms with Gasteiger partial charge in [-0.1, -0.05) is 39.3 Å². The fourth-order valence-corrected chi connectivity index (χ4v) is 4.74. The second-order valence-corrected chi connectivity index (χ2v) is 8.92. The molecular formula is C26H32ClF4N3O. The number of hydrogen-bond donors (Lipinski definition) is 0. The van der Waals surface area contributed by atoms with Crippen LogP contribution in [-0.2, 0) is 0 Å². The highest BCUT2D eigenvalue weighted by Crippen LogP contribution is 2.37. The van der Waals surface area contributed by atoms with Gasteiger partial charge >= 0.3 is 6.18 Å². The lowest BCUT2D eigenvalue weighted by molar-refractivity contribution is -0.0620. The SMILES string of the molecule is CC.CC[C@H]1C(C)C(C(F)(F)F)=NN1c1ccc(OC2CCN(c3cc(Cl)ccc3F)CC2)cc1. The number of rotatable bonds is 5. The zero-order valence-corrected chi connectivity index (χ0v) is 21.2. The number of hydrogen-bond acceptors (Lipinski definition) is 4. The monoisotopic (exact) mass is 513 g/mol. The first-order chi connectivity index (χ1) is 16.7. The van der Waals surface area contributed by atoms with E-state index in [0.29, 0.717) is 54.5 Å². The molecule has 0 bridgehead atoms. The summed E-state index contributed by atoms with van der Waals surface area (Å²) in [5.41, 5.74) is 0.360. The molecule has 4 nitrogen and oxygen atoms in total. The molecule has 35 heavy (non-hydrogen) atoms. The average Bonchev–Trinajstić information content (AvgIpc) is 3.19. The Bertz CT molecular complexity index is 1000. The summed E-state index contributed by atoms with van der Waals surface area (Å²) < 4.78 is 60.1. The topological polar surface area (TPSA) is 28.1 Å². The van der Waals surface area contributed by atoms with Crippen LogP contribution in [0.15, 0.2) is 47.6 Å². The van der Waals surface area contributed by atoms with Crippen molar-refractivity contribution in [1.82, 2.24) is 0 Å². The standard InChI is InChI=1S/C24H26ClF4N3O.C2H6/c1-3-21-15(2)23(24(27,28)29)30-32(21)17-5-7-18(8-6-17)33-19-10-12-31(13-11-19)22-14-16(25)4-9-20(22)26;1-2/h4-9,14-15,19,21H,3,10-13H2,1-2H3;1-2H3/t15?,21-;/m0./s1. The molecule has 2 aromatic carbocycles. The van der Waals surface area contributed by atoms with Crippen molar-refractivity contribution in [3.05, 3.63) is 53.3 Å². The van der Waals surface area contributed by atoms with Crippen LogP contribution in [0.4, 0.5) is 28.9 Å². The van der Waals surface area contributed by atoms with E-state index < -0.39 is 17.8 Å². The Balaban J connectivity index is 0.00000167. The van der Waals surface area contributed by atoms with Crippen LogP contribution in [0.25, 0.3) is 0 Å². The summed E-state index contributed by atoms with van der Waals surface area (Å²) in [5, 5.41) is 5.86. The molecule has 2 aromatic rings. The predicted molar refractivity (Wildman–Crippen MR) is 134 cm³/mol. The zero-order valence-electron chi connectivity index (χ0n) is 20.4. The molecule has 0 N–H and O–H groups in total. The zero-order chi connectivity index (χ0) is 25.8. The van der Waals surface area contributed by atoms with Gasteiger partial charge in [-0.15, -0.1) is 0 Å². The Morgan fingerprint density at radius 3 is 2.26 bits per heavy atom. The lowest BCUT2D eigenvalue weighted by Crippen LogP contribution is -2.38. The summed E-state index contributed by atoms with van der Waals surface area (Å²) in [6, 6.07) is 11.2. The Labute approximate surface area is 209 Å². The van der Waals surface area contributed by atoms with Gasteiger partial charge in [0, 0.05) is 36.9 Å². The van der Waals surface area contributed by atoms with E-state index in [0.717, 1.165) is 0 Å². The van der Waals surface area contributed by atoms with Crippen molar-refractivity contribution in [2.75, 3.05) is 23.0 Å². The van der Waals surface area contributed by atoms with Crippen LogP contribution in [0.2, 0.25) is 5.02 Å². The number of piperidine rings is 1. The average molecular weight is 514 g/mol. The molecule has 2 heterocycles. The van der Waals surface area contributed by atoms with Gasteiger partial charge in [-0.2, -0.15) is 18.3 Å². The van der Waals surface area contributed by atoms with Crippen LogP contribution in [-0.4, -0.2) is 37.1 Å². The minimum absolute atomic E-state index is 0.0283. The second-order valence-electron chi connectivity index (χ2n) is 8.49. The molecule has 2 aliphatic heterocycles. The van der Waals surface area contributed by atoms with Crippen molar-refractivity contribution >= 4 is 28.7 Å². The third-order valence-corrected chi connectivity index (χ3v) is 6.58. The van der Waals surface area contributed by atoms with E-state index in [2.05, 4.69) is 5.10 Å². The first-order valence-corrected chi connectivity index (χ1v) is 12.5. The molecule has 0 amide bonds. The molecule has 0 aromatic heterocycles. The normalized spacial score (nSPS) is 20.9. The molecular weight excluding hydrogens is 482 g/mol. The number of halogens is 5. The van der Waals surface area contributed by atoms with E-state index in [9.17, 15) is 17.6 Å². The van der Waals surface area contributed by atoms with Crippen molar-refractivity contribution in [1.29, 1.82) is 0 Å². The van der Waals surface area contributed by atoms with Crippen LogP contribution in [0.1, 0.15) is 47.0 Å². The van der Waals surface area contributed by atoms with Crippen LogP contribution < -0.4 is 14.6 Å².